The van der Waals surface area contributed by atoms with Crippen LogP contribution in [0.2, 0.25) is 0 Å². The minimum atomic E-state index is 0.362. The Labute approximate surface area is 68.5 Å². The van der Waals surface area contributed by atoms with Crippen LogP contribution in [0.25, 0.3) is 0 Å². The van der Waals surface area contributed by atoms with Crippen molar-refractivity contribution >= 4 is 5.78 Å². The number of Topliss-reactive ketones (excluding diaryl/α,β-unsaturated/α-hetero) is 1. The standard InChI is InChI=1S/C10H16O/c1-4-9-5-7(2)8(3)10(11)6-9/h9H,4-6H2,1-3H3. The third-order valence-corrected chi connectivity index (χ3v) is 2.70. The zero-order valence-electron chi connectivity index (χ0n) is 7.61. The van der Waals surface area contributed by atoms with Crippen LogP contribution < -0.4 is 0 Å². The van der Waals surface area contributed by atoms with Gasteiger partial charge in [-0.05, 0) is 31.8 Å². The molecule has 0 aromatic carbocycles. The maximum absolute atomic E-state index is 11.3. The van der Waals surface area contributed by atoms with E-state index < -0.39 is 0 Å². The predicted molar refractivity (Wildman–Crippen MR) is 46.4 cm³/mol. The fourth-order valence-electron chi connectivity index (χ4n) is 1.60. The molecule has 0 saturated heterocycles. The van der Waals surface area contributed by atoms with Crippen molar-refractivity contribution < 1.29 is 4.79 Å². The Bertz CT molecular complexity index is 201. The quantitative estimate of drug-likeness (QED) is 0.564. The topological polar surface area (TPSA) is 17.1 Å². The Balaban J connectivity index is 2.76. The molecule has 62 valence electrons. The van der Waals surface area contributed by atoms with Crippen molar-refractivity contribution in [1.82, 2.24) is 0 Å². The number of carbonyl (C=O) groups is 1. The van der Waals surface area contributed by atoms with Gasteiger partial charge in [-0.25, -0.2) is 0 Å². The molecule has 0 heterocycles. The molecule has 0 amide bonds. The molecule has 11 heavy (non-hydrogen) atoms. The van der Waals surface area contributed by atoms with Gasteiger partial charge in [0, 0.05) is 6.42 Å². The van der Waals surface area contributed by atoms with Gasteiger partial charge in [-0.2, -0.15) is 0 Å². The Morgan fingerprint density at radius 1 is 1.36 bits per heavy atom. The van der Waals surface area contributed by atoms with Gasteiger partial charge in [0.05, 0.1) is 0 Å². The second-order valence-corrected chi connectivity index (χ2v) is 3.51. The van der Waals surface area contributed by atoms with Crippen molar-refractivity contribution in [3.05, 3.63) is 11.1 Å². The first-order valence-electron chi connectivity index (χ1n) is 4.34. The summed E-state index contributed by atoms with van der Waals surface area (Å²) >= 11 is 0. The first kappa shape index (κ1) is 8.51. The van der Waals surface area contributed by atoms with Gasteiger partial charge >= 0.3 is 0 Å². The maximum Gasteiger partial charge on any atom is 0.158 e. The van der Waals surface area contributed by atoms with Crippen molar-refractivity contribution in [1.29, 1.82) is 0 Å². The molecule has 1 unspecified atom stereocenters. The molecule has 0 radical (unpaired) electrons. The third kappa shape index (κ3) is 1.70. The monoisotopic (exact) mass is 152 g/mol. The van der Waals surface area contributed by atoms with Gasteiger partial charge in [0.1, 0.15) is 0 Å². The number of allylic oxidation sites excluding steroid dienone is 2. The molecule has 0 saturated carbocycles. The van der Waals surface area contributed by atoms with Gasteiger partial charge in [-0.3, -0.25) is 4.79 Å². The van der Waals surface area contributed by atoms with Crippen molar-refractivity contribution in [3.63, 3.8) is 0 Å². The van der Waals surface area contributed by atoms with Crippen LogP contribution in [0.4, 0.5) is 0 Å². The highest BCUT2D eigenvalue weighted by atomic mass is 16.1. The lowest BCUT2D eigenvalue weighted by Crippen LogP contribution is -2.16. The third-order valence-electron chi connectivity index (χ3n) is 2.70. The zero-order chi connectivity index (χ0) is 8.43. The smallest absolute Gasteiger partial charge is 0.158 e. The lowest BCUT2D eigenvalue weighted by atomic mass is 9.83. The van der Waals surface area contributed by atoms with E-state index in [0.29, 0.717) is 11.7 Å². The Hall–Kier alpha value is -0.590. The van der Waals surface area contributed by atoms with Crippen molar-refractivity contribution in [2.75, 3.05) is 0 Å². The summed E-state index contributed by atoms with van der Waals surface area (Å²) in [6.45, 7) is 6.18. The number of rotatable bonds is 1. The van der Waals surface area contributed by atoms with E-state index in [1.807, 2.05) is 6.92 Å². The van der Waals surface area contributed by atoms with Crippen LogP contribution in [0.1, 0.15) is 40.0 Å². The van der Waals surface area contributed by atoms with Gasteiger partial charge in [0.15, 0.2) is 5.78 Å². The molecular formula is C10H16O. The molecule has 0 bridgehead atoms. The minimum absolute atomic E-state index is 0.362. The summed E-state index contributed by atoms with van der Waals surface area (Å²) < 4.78 is 0. The average molecular weight is 152 g/mol. The molecule has 1 aliphatic carbocycles. The first-order chi connectivity index (χ1) is 5.15. The molecule has 1 nitrogen and oxygen atoms in total. The summed E-state index contributed by atoms with van der Waals surface area (Å²) in [7, 11) is 0. The lowest BCUT2D eigenvalue weighted by Gasteiger charge is -2.21. The molecule has 0 aliphatic heterocycles. The van der Waals surface area contributed by atoms with E-state index in [1.54, 1.807) is 0 Å². The molecule has 0 fully saturated rings. The first-order valence-corrected chi connectivity index (χ1v) is 4.34. The molecule has 0 spiro atoms. The zero-order valence-corrected chi connectivity index (χ0v) is 7.61. The molecule has 1 aliphatic rings. The molecule has 0 N–H and O–H groups in total. The highest BCUT2D eigenvalue weighted by molar-refractivity contribution is 5.96. The molecule has 0 aromatic rings. The van der Waals surface area contributed by atoms with E-state index in [-0.39, 0.29) is 0 Å². The summed E-state index contributed by atoms with van der Waals surface area (Å²) in [6, 6.07) is 0. The van der Waals surface area contributed by atoms with Gasteiger partial charge in [-0.1, -0.05) is 18.9 Å². The van der Waals surface area contributed by atoms with Gasteiger partial charge in [-0.15, -0.1) is 0 Å². The van der Waals surface area contributed by atoms with Gasteiger partial charge in [0.2, 0.25) is 0 Å². The fourth-order valence-corrected chi connectivity index (χ4v) is 1.60. The minimum Gasteiger partial charge on any atom is -0.295 e. The number of hydrogen-bond acceptors (Lipinski definition) is 1. The van der Waals surface area contributed by atoms with Crippen LogP contribution >= 0.6 is 0 Å². The van der Waals surface area contributed by atoms with Crippen molar-refractivity contribution in [2.45, 2.75) is 40.0 Å². The van der Waals surface area contributed by atoms with Crippen LogP contribution in [-0.4, -0.2) is 5.78 Å². The van der Waals surface area contributed by atoms with E-state index >= 15 is 0 Å². The number of ketones is 1. The maximum atomic E-state index is 11.3. The normalized spacial score (nSPS) is 26.1. The summed E-state index contributed by atoms with van der Waals surface area (Å²) in [6.07, 6.45) is 3.05. The van der Waals surface area contributed by atoms with Crippen molar-refractivity contribution in [3.8, 4) is 0 Å². The number of hydrogen-bond donors (Lipinski definition) is 0. The summed E-state index contributed by atoms with van der Waals surface area (Å²) in [5, 5.41) is 0. The summed E-state index contributed by atoms with van der Waals surface area (Å²) in [5.74, 6) is 0.979. The van der Waals surface area contributed by atoms with Crippen LogP contribution in [0, 0.1) is 5.92 Å². The Kier molecular flexibility index (Phi) is 2.48. The second-order valence-electron chi connectivity index (χ2n) is 3.51. The highest BCUT2D eigenvalue weighted by Gasteiger charge is 2.20. The van der Waals surface area contributed by atoms with Crippen LogP contribution in [0.5, 0.6) is 0 Å². The van der Waals surface area contributed by atoms with Gasteiger partial charge < -0.3 is 0 Å². The average Bonchev–Trinajstić information content (AvgIpc) is 1.99. The number of carbonyl (C=O) groups excluding carboxylic acids is 1. The Morgan fingerprint density at radius 3 is 2.45 bits per heavy atom. The fraction of sp³-hybridized carbons (Fsp3) is 0.700. The molecule has 0 aromatic heterocycles. The SMILES string of the molecule is CCC1CC(=O)C(C)=C(C)C1. The molecular weight excluding hydrogens is 136 g/mol. The highest BCUT2D eigenvalue weighted by Crippen LogP contribution is 2.28. The van der Waals surface area contributed by atoms with Crippen LogP contribution in [0.3, 0.4) is 0 Å². The Morgan fingerprint density at radius 2 is 2.00 bits per heavy atom. The van der Waals surface area contributed by atoms with E-state index in [2.05, 4.69) is 13.8 Å². The molecule has 1 atom stereocenters. The lowest BCUT2D eigenvalue weighted by molar-refractivity contribution is -0.116. The van der Waals surface area contributed by atoms with Gasteiger partial charge in [0.25, 0.3) is 0 Å². The molecule has 1 rings (SSSR count). The van der Waals surface area contributed by atoms with E-state index in [9.17, 15) is 4.79 Å². The van der Waals surface area contributed by atoms with E-state index in [1.165, 1.54) is 5.57 Å². The van der Waals surface area contributed by atoms with E-state index in [4.69, 9.17) is 0 Å². The summed E-state index contributed by atoms with van der Waals surface area (Å²) in [4.78, 5) is 11.3. The predicted octanol–water partition coefficient (Wildman–Crippen LogP) is 2.71. The van der Waals surface area contributed by atoms with Crippen molar-refractivity contribution in [2.24, 2.45) is 5.92 Å². The van der Waals surface area contributed by atoms with Crippen LogP contribution in [0.15, 0.2) is 11.1 Å². The summed E-state index contributed by atoms with van der Waals surface area (Å²) in [5.41, 5.74) is 2.31. The largest absolute Gasteiger partial charge is 0.295 e. The molecule has 1 heteroatoms. The van der Waals surface area contributed by atoms with Crippen LogP contribution in [-0.2, 0) is 4.79 Å². The second kappa shape index (κ2) is 3.21. The van der Waals surface area contributed by atoms with E-state index in [0.717, 1.165) is 24.8 Å².